The molecule has 0 aliphatic heterocycles. The van der Waals surface area contributed by atoms with E-state index < -0.39 is 23.6 Å². The van der Waals surface area contributed by atoms with Crippen LogP contribution in [0.25, 0.3) is 11.0 Å². The normalized spacial score (nSPS) is 20.3. The van der Waals surface area contributed by atoms with E-state index in [0.717, 1.165) is 6.07 Å². The van der Waals surface area contributed by atoms with Gasteiger partial charge in [0.15, 0.2) is 0 Å². The van der Waals surface area contributed by atoms with Crippen molar-refractivity contribution in [2.45, 2.75) is 39.2 Å². The summed E-state index contributed by atoms with van der Waals surface area (Å²) in [5, 5.41) is 11.8. The molecule has 1 aromatic carbocycles. The second-order valence-electron chi connectivity index (χ2n) is 6.23. The molecule has 126 valence electrons. The van der Waals surface area contributed by atoms with Crippen LogP contribution in [0, 0.1) is 25.6 Å². The average molecular weight is 331 g/mol. The first-order valence-electron chi connectivity index (χ1n) is 7.83. The van der Waals surface area contributed by atoms with Crippen LogP contribution in [-0.4, -0.2) is 33.0 Å². The van der Waals surface area contributed by atoms with Crippen molar-refractivity contribution >= 4 is 22.9 Å². The fourth-order valence-corrected chi connectivity index (χ4v) is 3.07. The number of aromatic nitrogens is 2. The Kier molecular flexibility index (Phi) is 4.17. The van der Waals surface area contributed by atoms with E-state index in [-0.39, 0.29) is 11.6 Å². The second kappa shape index (κ2) is 6.14. The summed E-state index contributed by atoms with van der Waals surface area (Å²) in [5.41, 5.74) is 2.16. The van der Waals surface area contributed by atoms with Crippen molar-refractivity contribution in [3.63, 3.8) is 0 Å². The predicted octanol–water partition coefficient (Wildman–Crippen LogP) is 2.37. The van der Waals surface area contributed by atoms with Gasteiger partial charge in [0, 0.05) is 12.1 Å². The standard InChI is InChI=1S/C17H18FN3O3/c1-8-9(2)20-15-13(6-11(18)7-14(15)19-8)16(22)21-12-4-3-10(5-12)17(23)24/h6-7,10,12H,3-5H2,1-2H3,(H,21,22)(H,23,24)/t10-,12+/m1/s1. The van der Waals surface area contributed by atoms with Crippen LogP contribution in [0.1, 0.15) is 41.0 Å². The lowest BCUT2D eigenvalue weighted by molar-refractivity contribution is -0.141. The maximum atomic E-state index is 13.8. The number of benzene rings is 1. The minimum atomic E-state index is -0.847. The third-order valence-electron chi connectivity index (χ3n) is 4.51. The Balaban J connectivity index is 1.90. The number of carbonyl (C=O) groups is 2. The van der Waals surface area contributed by atoms with Crippen molar-refractivity contribution in [2.24, 2.45) is 5.92 Å². The van der Waals surface area contributed by atoms with Gasteiger partial charge in [0.2, 0.25) is 0 Å². The summed E-state index contributed by atoms with van der Waals surface area (Å²) in [4.78, 5) is 32.2. The number of hydrogen-bond donors (Lipinski definition) is 2. The van der Waals surface area contributed by atoms with Crippen molar-refractivity contribution in [1.82, 2.24) is 15.3 Å². The smallest absolute Gasteiger partial charge is 0.306 e. The molecule has 7 heteroatoms. The average Bonchev–Trinajstić information content (AvgIpc) is 2.97. The molecule has 1 aliphatic carbocycles. The molecule has 1 amide bonds. The van der Waals surface area contributed by atoms with Gasteiger partial charge >= 0.3 is 5.97 Å². The number of hydrogen-bond acceptors (Lipinski definition) is 4. The van der Waals surface area contributed by atoms with Crippen LogP contribution in [0.4, 0.5) is 4.39 Å². The largest absolute Gasteiger partial charge is 0.481 e. The molecule has 6 nitrogen and oxygen atoms in total. The highest BCUT2D eigenvalue weighted by Gasteiger charge is 2.31. The van der Waals surface area contributed by atoms with Crippen LogP contribution < -0.4 is 5.32 Å². The molecule has 24 heavy (non-hydrogen) atoms. The molecule has 1 heterocycles. The van der Waals surface area contributed by atoms with Gasteiger partial charge < -0.3 is 10.4 Å². The molecule has 0 saturated heterocycles. The molecule has 1 fully saturated rings. The number of nitrogens with zero attached hydrogens (tertiary/aromatic N) is 2. The Bertz CT molecular complexity index is 837. The SMILES string of the molecule is Cc1nc2cc(F)cc(C(=O)N[C@H]3CC[C@@H](C(=O)O)C3)c2nc1C. The van der Waals surface area contributed by atoms with Crippen molar-refractivity contribution < 1.29 is 19.1 Å². The Morgan fingerprint density at radius 1 is 1.21 bits per heavy atom. The number of amides is 1. The molecule has 0 unspecified atom stereocenters. The topological polar surface area (TPSA) is 92.2 Å². The number of carboxylic acids is 1. The lowest BCUT2D eigenvalue weighted by Crippen LogP contribution is -2.33. The van der Waals surface area contributed by atoms with Crippen molar-refractivity contribution in [3.8, 4) is 0 Å². The number of aliphatic carboxylic acids is 1. The van der Waals surface area contributed by atoms with Gasteiger partial charge in [-0.3, -0.25) is 9.59 Å². The van der Waals surface area contributed by atoms with Crippen molar-refractivity contribution in [2.75, 3.05) is 0 Å². The summed E-state index contributed by atoms with van der Waals surface area (Å²) in [6.45, 7) is 3.55. The summed E-state index contributed by atoms with van der Waals surface area (Å²) in [7, 11) is 0. The first-order valence-corrected chi connectivity index (χ1v) is 7.83. The zero-order valence-corrected chi connectivity index (χ0v) is 13.5. The lowest BCUT2D eigenvalue weighted by Gasteiger charge is -2.14. The van der Waals surface area contributed by atoms with E-state index >= 15 is 0 Å². The Morgan fingerprint density at radius 3 is 2.58 bits per heavy atom. The van der Waals surface area contributed by atoms with E-state index in [1.807, 2.05) is 0 Å². The van der Waals surface area contributed by atoms with Crippen molar-refractivity contribution in [3.05, 3.63) is 34.9 Å². The molecule has 0 radical (unpaired) electrons. The van der Waals surface area contributed by atoms with Gasteiger partial charge in [-0.25, -0.2) is 14.4 Å². The third-order valence-corrected chi connectivity index (χ3v) is 4.51. The molecule has 2 N–H and O–H groups in total. The van der Waals surface area contributed by atoms with Crippen LogP contribution in [0.15, 0.2) is 12.1 Å². The van der Waals surface area contributed by atoms with E-state index in [4.69, 9.17) is 5.11 Å². The molecular formula is C17H18FN3O3. The van der Waals surface area contributed by atoms with Crippen LogP contribution in [0.3, 0.4) is 0 Å². The van der Waals surface area contributed by atoms with Gasteiger partial charge in [0.05, 0.1) is 28.4 Å². The van der Waals surface area contributed by atoms with Gasteiger partial charge in [-0.1, -0.05) is 0 Å². The van der Waals surface area contributed by atoms with Gasteiger partial charge in [0.1, 0.15) is 11.3 Å². The van der Waals surface area contributed by atoms with Crippen LogP contribution >= 0.6 is 0 Å². The van der Waals surface area contributed by atoms with E-state index in [2.05, 4.69) is 15.3 Å². The summed E-state index contributed by atoms with van der Waals surface area (Å²) in [6.07, 6.45) is 1.51. The fourth-order valence-electron chi connectivity index (χ4n) is 3.07. The monoisotopic (exact) mass is 331 g/mol. The number of aryl methyl sites for hydroxylation is 2. The number of fused-ring (bicyclic) bond motifs is 1. The fraction of sp³-hybridized carbons (Fsp3) is 0.412. The first kappa shape index (κ1) is 16.3. The van der Waals surface area contributed by atoms with Crippen LogP contribution in [-0.2, 0) is 4.79 Å². The summed E-state index contributed by atoms with van der Waals surface area (Å²) in [5.74, 6) is -2.29. The Labute approximate surface area is 138 Å². The molecule has 1 saturated carbocycles. The zero-order chi connectivity index (χ0) is 17.4. The van der Waals surface area contributed by atoms with Gasteiger partial charge in [-0.15, -0.1) is 0 Å². The third kappa shape index (κ3) is 3.06. The summed E-state index contributed by atoms with van der Waals surface area (Å²) in [6, 6.07) is 2.17. The Hall–Kier alpha value is -2.57. The second-order valence-corrected chi connectivity index (χ2v) is 6.23. The number of carbonyl (C=O) groups excluding carboxylic acids is 1. The minimum absolute atomic E-state index is 0.124. The molecule has 0 bridgehead atoms. The molecule has 2 atom stereocenters. The molecule has 2 aromatic rings. The molecule has 0 spiro atoms. The number of rotatable bonds is 3. The molecule has 3 rings (SSSR count). The van der Waals surface area contributed by atoms with Crippen LogP contribution in [0.5, 0.6) is 0 Å². The number of carboxylic acid groups (broad SMARTS) is 1. The molecule has 1 aliphatic rings. The quantitative estimate of drug-likeness (QED) is 0.901. The predicted molar refractivity (Wildman–Crippen MR) is 85.2 cm³/mol. The van der Waals surface area contributed by atoms with E-state index in [1.54, 1.807) is 13.8 Å². The van der Waals surface area contributed by atoms with E-state index in [1.165, 1.54) is 6.07 Å². The highest BCUT2D eigenvalue weighted by molar-refractivity contribution is 6.05. The summed E-state index contributed by atoms with van der Waals surface area (Å²) >= 11 is 0. The molecule has 1 aromatic heterocycles. The van der Waals surface area contributed by atoms with Crippen LogP contribution in [0.2, 0.25) is 0 Å². The minimum Gasteiger partial charge on any atom is -0.481 e. The Morgan fingerprint density at radius 2 is 1.92 bits per heavy atom. The number of nitrogens with one attached hydrogen (secondary N) is 1. The first-order chi connectivity index (χ1) is 11.3. The van der Waals surface area contributed by atoms with Gasteiger partial charge in [-0.2, -0.15) is 0 Å². The number of halogens is 1. The highest BCUT2D eigenvalue weighted by atomic mass is 19.1. The maximum Gasteiger partial charge on any atom is 0.306 e. The maximum absolute atomic E-state index is 13.8. The zero-order valence-electron chi connectivity index (χ0n) is 13.5. The van der Waals surface area contributed by atoms with E-state index in [9.17, 15) is 14.0 Å². The lowest BCUT2D eigenvalue weighted by atomic mass is 10.1. The molecular weight excluding hydrogens is 313 g/mol. The van der Waals surface area contributed by atoms with Crippen molar-refractivity contribution in [1.29, 1.82) is 0 Å². The van der Waals surface area contributed by atoms with Gasteiger partial charge in [-0.05, 0) is 39.2 Å². The van der Waals surface area contributed by atoms with Gasteiger partial charge in [0.25, 0.3) is 5.91 Å². The summed E-state index contributed by atoms with van der Waals surface area (Å²) < 4.78 is 13.8. The highest BCUT2D eigenvalue weighted by Crippen LogP contribution is 2.26. The van der Waals surface area contributed by atoms with E-state index in [0.29, 0.717) is 41.7 Å².